The van der Waals surface area contributed by atoms with E-state index in [1.807, 2.05) is 6.07 Å². The summed E-state index contributed by atoms with van der Waals surface area (Å²) in [6, 6.07) is 3.63. The fourth-order valence-corrected chi connectivity index (χ4v) is 1.80. The van der Waals surface area contributed by atoms with E-state index in [0.717, 1.165) is 12.0 Å². The predicted molar refractivity (Wildman–Crippen MR) is 60.8 cm³/mol. The Morgan fingerprint density at radius 1 is 1.36 bits per heavy atom. The smallest absolute Gasteiger partial charge is 0.144 e. The second kappa shape index (κ2) is 4.58. The Bertz CT molecular complexity index is 343. The molecule has 2 N–H and O–H groups in total. The third-order valence-corrected chi connectivity index (χ3v) is 2.94. The van der Waals surface area contributed by atoms with Crippen LogP contribution in [0.15, 0.2) is 12.1 Å². The van der Waals surface area contributed by atoms with Gasteiger partial charge in [0.1, 0.15) is 10.8 Å². The van der Waals surface area contributed by atoms with E-state index in [4.69, 9.17) is 33.7 Å². The lowest BCUT2D eigenvalue weighted by molar-refractivity contribution is 0.269. The average Bonchev–Trinajstić information content (AvgIpc) is 2.12. The van der Waals surface area contributed by atoms with Crippen molar-refractivity contribution in [3.8, 4) is 5.75 Å². The summed E-state index contributed by atoms with van der Waals surface area (Å²) in [7, 11) is 0. The van der Waals surface area contributed by atoms with Crippen LogP contribution in [0.25, 0.3) is 0 Å². The highest BCUT2D eigenvalue weighted by Gasteiger charge is 2.21. The van der Waals surface area contributed by atoms with E-state index >= 15 is 0 Å². The maximum absolute atomic E-state index is 5.96. The molecule has 0 amide bonds. The highest BCUT2D eigenvalue weighted by molar-refractivity contribution is 6.43. The van der Waals surface area contributed by atoms with Crippen LogP contribution in [0, 0.1) is 0 Å². The normalized spacial score (nSPS) is 19.2. The topological polar surface area (TPSA) is 35.2 Å². The van der Waals surface area contributed by atoms with E-state index in [-0.39, 0.29) is 18.4 Å². The van der Waals surface area contributed by atoms with Crippen LogP contribution in [-0.4, -0.2) is 6.61 Å². The van der Waals surface area contributed by atoms with Crippen molar-refractivity contribution in [3.63, 3.8) is 0 Å². The molecule has 14 heavy (non-hydrogen) atoms. The molecule has 1 aliphatic heterocycles. The summed E-state index contributed by atoms with van der Waals surface area (Å²) in [6.07, 6.45) is 0.824. The summed E-state index contributed by atoms with van der Waals surface area (Å²) in [5.41, 5.74) is 6.83. The Morgan fingerprint density at radius 3 is 2.79 bits per heavy atom. The van der Waals surface area contributed by atoms with Gasteiger partial charge < -0.3 is 10.5 Å². The minimum absolute atomic E-state index is 0. The third kappa shape index (κ3) is 1.94. The van der Waals surface area contributed by atoms with Gasteiger partial charge in [-0.15, -0.1) is 12.4 Å². The van der Waals surface area contributed by atoms with Crippen molar-refractivity contribution in [2.24, 2.45) is 5.73 Å². The van der Waals surface area contributed by atoms with E-state index in [0.29, 0.717) is 22.4 Å². The lowest BCUT2D eigenvalue weighted by Gasteiger charge is -2.23. The van der Waals surface area contributed by atoms with Crippen LogP contribution < -0.4 is 10.5 Å². The minimum Gasteiger partial charge on any atom is -0.492 e. The van der Waals surface area contributed by atoms with Gasteiger partial charge >= 0.3 is 0 Å². The number of halogens is 3. The Hall–Kier alpha value is -0.150. The summed E-state index contributed by atoms with van der Waals surface area (Å²) in [4.78, 5) is 0. The molecule has 78 valence electrons. The number of benzene rings is 1. The summed E-state index contributed by atoms with van der Waals surface area (Å²) < 4.78 is 5.41. The molecule has 1 aromatic rings. The van der Waals surface area contributed by atoms with Crippen LogP contribution >= 0.6 is 35.6 Å². The lowest BCUT2D eigenvalue weighted by atomic mass is 10.0. The molecule has 1 atom stereocenters. The van der Waals surface area contributed by atoms with Gasteiger partial charge in [0.25, 0.3) is 0 Å². The standard InChI is InChI=1S/C9H9Cl2NO.ClH/c10-6-2-1-5-7(12)3-4-13-9(5)8(6)11;/h1-2,7H,3-4,12H2;1H/t7-;/m0./s1. The van der Waals surface area contributed by atoms with Crippen molar-refractivity contribution in [2.75, 3.05) is 6.61 Å². The van der Waals surface area contributed by atoms with E-state index in [1.165, 1.54) is 0 Å². The molecule has 0 aromatic heterocycles. The van der Waals surface area contributed by atoms with Gasteiger partial charge in [0.05, 0.1) is 11.6 Å². The molecule has 0 aliphatic carbocycles. The maximum Gasteiger partial charge on any atom is 0.144 e. The highest BCUT2D eigenvalue weighted by Crippen LogP contribution is 2.40. The molecule has 0 unspecified atom stereocenters. The van der Waals surface area contributed by atoms with E-state index in [2.05, 4.69) is 0 Å². The molecule has 0 bridgehead atoms. The first-order valence-electron chi connectivity index (χ1n) is 4.06. The number of hydrogen-bond donors (Lipinski definition) is 1. The van der Waals surface area contributed by atoms with Gasteiger partial charge in [-0.1, -0.05) is 29.3 Å². The molecule has 2 rings (SSSR count). The molecular formula is C9H10Cl3NO. The van der Waals surface area contributed by atoms with Gasteiger partial charge in [0.2, 0.25) is 0 Å². The molecule has 0 spiro atoms. The summed E-state index contributed by atoms with van der Waals surface area (Å²) in [5, 5.41) is 0.976. The molecule has 5 heteroatoms. The Morgan fingerprint density at radius 2 is 2.07 bits per heavy atom. The fraction of sp³-hybridized carbons (Fsp3) is 0.333. The molecule has 0 radical (unpaired) electrons. The van der Waals surface area contributed by atoms with Crippen LogP contribution in [0.5, 0.6) is 5.75 Å². The van der Waals surface area contributed by atoms with Crippen LogP contribution in [0.4, 0.5) is 0 Å². The molecule has 1 aliphatic rings. The second-order valence-electron chi connectivity index (χ2n) is 3.02. The molecule has 2 nitrogen and oxygen atoms in total. The van der Waals surface area contributed by atoms with Crippen LogP contribution in [0.3, 0.4) is 0 Å². The zero-order valence-electron chi connectivity index (χ0n) is 7.30. The maximum atomic E-state index is 5.96. The average molecular weight is 255 g/mol. The fourth-order valence-electron chi connectivity index (χ4n) is 1.43. The van der Waals surface area contributed by atoms with Gasteiger partial charge in [-0.25, -0.2) is 0 Å². The molecule has 0 fully saturated rings. The molecule has 1 heterocycles. The number of hydrogen-bond acceptors (Lipinski definition) is 2. The Labute approximate surface area is 98.7 Å². The summed E-state index contributed by atoms with van der Waals surface area (Å²) in [5.74, 6) is 0.646. The number of nitrogens with two attached hydrogens (primary N) is 1. The minimum atomic E-state index is 0. The van der Waals surface area contributed by atoms with Crippen molar-refractivity contribution in [2.45, 2.75) is 12.5 Å². The number of ether oxygens (including phenoxy) is 1. The van der Waals surface area contributed by atoms with Gasteiger partial charge in [0, 0.05) is 18.0 Å². The molecular weight excluding hydrogens is 244 g/mol. The first-order valence-corrected chi connectivity index (χ1v) is 4.82. The SMILES string of the molecule is Cl.N[C@H]1CCOc2c1ccc(Cl)c2Cl. The monoisotopic (exact) mass is 253 g/mol. The van der Waals surface area contributed by atoms with Crippen molar-refractivity contribution in [3.05, 3.63) is 27.7 Å². The van der Waals surface area contributed by atoms with Gasteiger partial charge in [0.15, 0.2) is 0 Å². The Balaban J connectivity index is 0.000000980. The van der Waals surface area contributed by atoms with Crippen molar-refractivity contribution in [1.29, 1.82) is 0 Å². The zero-order valence-corrected chi connectivity index (χ0v) is 9.62. The highest BCUT2D eigenvalue weighted by atomic mass is 35.5. The van der Waals surface area contributed by atoms with Crippen molar-refractivity contribution < 1.29 is 4.74 Å². The summed E-state index contributed by atoms with van der Waals surface area (Å²) in [6.45, 7) is 0.605. The van der Waals surface area contributed by atoms with Gasteiger partial charge in [-0.2, -0.15) is 0 Å². The van der Waals surface area contributed by atoms with E-state index in [9.17, 15) is 0 Å². The zero-order chi connectivity index (χ0) is 9.42. The van der Waals surface area contributed by atoms with Gasteiger partial charge in [-0.3, -0.25) is 0 Å². The van der Waals surface area contributed by atoms with E-state index < -0.39 is 0 Å². The molecule has 0 saturated carbocycles. The third-order valence-electron chi connectivity index (χ3n) is 2.16. The largest absolute Gasteiger partial charge is 0.492 e. The molecule has 1 aromatic carbocycles. The Kier molecular flexibility index (Phi) is 3.90. The number of fused-ring (bicyclic) bond motifs is 1. The predicted octanol–water partition coefficient (Wildman–Crippen LogP) is 3.20. The molecule has 0 saturated heterocycles. The first kappa shape index (κ1) is 11.9. The second-order valence-corrected chi connectivity index (χ2v) is 3.81. The lowest BCUT2D eigenvalue weighted by Crippen LogP contribution is -2.20. The van der Waals surface area contributed by atoms with E-state index in [1.54, 1.807) is 6.07 Å². The van der Waals surface area contributed by atoms with Crippen LogP contribution in [0.2, 0.25) is 10.0 Å². The van der Waals surface area contributed by atoms with Crippen LogP contribution in [0.1, 0.15) is 18.0 Å². The quantitative estimate of drug-likeness (QED) is 0.772. The van der Waals surface area contributed by atoms with Gasteiger partial charge in [-0.05, 0) is 6.07 Å². The number of rotatable bonds is 0. The summed E-state index contributed by atoms with van der Waals surface area (Å²) >= 11 is 11.8. The van der Waals surface area contributed by atoms with Crippen LogP contribution in [-0.2, 0) is 0 Å². The van der Waals surface area contributed by atoms with Crippen molar-refractivity contribution >= 4 is 35.6 Å². The first-order chi connectivity index (χ1) is 6.20. The van der Waals surface area contributed by atoms with Crippen molar-refractivity contribution in [1.82, 2.24) is 0 Å².